The summed E-state index contributed by atoms with van der Waals surface area (Å²) in [7, 11) is 0. The Kier molecular flexibility index (Phi) is 2.18. The van der Waals surface area contributed by atoms with Gasteiger partial charge in [-0.3, -0.25) is 4.79 Å². The number of fused-ring (bicyclic) bond motifs is 1. The van der Waals surface area contributed by atoms with E-state index in [0.29, 0.717) is 12.1 Å². The molecule has 0 N–H and O–H groups in total. The van der Waals surface area contributed by atoms with E-state index in [-0.39, 0.29) is 5.56 Å². The lowest BCUT2D eigenvalue weighted by Crippen LogP contribution is -2.21. The second kappa shape index (κ2) is 3.33. The van der Waals surface area contributed by atoms with E-state index in [0.717, 1.165) is 5.33 Å². The molecule has 0 saturated carbocycles. The van der Waals surface area contributed by atoms with E-state index in [1.54, 1.807) is 33.7 Å². The molecule has 0 atom stereocenters. The molecule has 0 aliphatic rings. The standard InChI is InChI=1S/C8H8BrN3O/c9-2-4-11-5-6-12-7(8(11)13)1-3-10-12/h1,3,5-6H,2,4H2. The van der Waals surface area contributed by atoms with Crippen LogP contribution in [0.3, 0.4) is 0 Å². The summed E-state index contributed by atoms with van der Waals surface area (Å²) in [5, 5.41) is 4.75. The predicted octanol–water partition coefficient (Wildman–Crippen LogP) is 0.891. The SMILES string of the molecule is O=c1c2ccnn2ccn1CCBr. The molecule has 4 nitrogen and oxygen atoms in total. The van der Waals surface area contributed by atoms with Crippen LogP contribution in [-0.2, 0) is 6.54 Å². The lowest BCUT2D eigenvalue weighted by atomic mass is 10.5. The van der Waals surface area contributed by atoms with Crippen molar-refractivity contribution < 1.29 is 0 Å². The first-order valence-corrected chi connectivity index (χ1v) is 5.04. The minimum absolute atomic E-state index is 0.000509. The molecule has 13 heavy (non-hydrogen) atoms. The summed E-state index contributed by atoms with van der Waals surface area (Å²) in [6, 6.07) is 1.72. The molecule has 0 radical (unpaired) electrons. The molecule has 0 spiro atoms. The summed E-state index contributed by atoms with van der Waals surface area (Å²) in [6.45, 7) is 0.681. The van der Waals surface area contributed by atoms with Gasteiger partial charge in [-0.1, -0.05) is 15.9 Å². The summed E-state index contributed by atoms with van der Waals surface area (Å²) >= 11 is 3.29. The lowest BCUT2D eigenvalue weighted by Gasteiger charge is -2.02. The zero-order valence-corrected chi connectivity index (χ0v) is 8.44. The lowest BCUT2D eigenvalue weighted by molar-refractivity contribution is 0.724. The first-order valence-electron chi connectivity index (χ1n) is 3.91. The molecule has 2 aromatic rings. The molecule has 0 amide bonds. The third-order valence-electron chi connectivity index (χ3n) is 1.86. The number of nitrogens with zero attached hydrogens (tertiary/aromatic N) is 3. The Labute approximate surface area is 82.9 Å². The highest BCUT2D eigenvalue weighted by atomic mass is 79.9. The van der Waals surface area contributed by atoms with Crippen molar-refractivity contribution in [3.8, 4) is 0 Å². The van der Waals surface area contributed by atoms with Crippen LogP contribution in [-0.4, -0.2) is 19.5 Å². The van der Waals surface area contributed by atoms with E-state index in [2.05, 4.69) is 21.0 Å². The third kappa shape index (κ3) is 1.39. The van der Waals surface area contributed by atoms with Gasteiger partial charge in [-0.25, -0.2) is 4.52 Å². The molecule has 0 saturated heterocycles. The quantitative estimate of drug-likeness (QED) is 0.733. The van der Waals surface area contributed by atoms with Gasteiger partial charge in [0.05, 0.1) is 6.20 Å². The highest BCUT2D eigenvalue weighted by Gasteiger charge is 2.01. The first kappa shape index (κ1) is 8.50. The summed E-state index contributed by atoms with van der Waals surface area (Å²) < 4.78 is 3.23. The van der Waals surface area contributed by atoms with E-state index in [1.807, 2.05) is 0 Å². The molecular formula is C8H8BrN3O. The van der Waals surface area contributed by atoms with Crippen molar-refractivity contribution in [1.82, 2.24) is 14.2 Å². The fourth-order valence-electron chi connectivity index (χ4n) is 1.23. The van der Waals surface area contributed by atoms with Gasteiger partial charge in [0, 0.05) is 24.3 Å². The Balaban J connectivity index is 2.67. The van der Waals surface area contributed by atoms with Gasteiger partial charge in [0.1, 0.15) is 5.52 Å². The van der Waals surface area contributed by atoms with E-state index >= 15 is 0 Å². The van der Waals surface area contributed by atoms with Gasteiger partial charge in [0.15, 0.2) is 0 Å². The average molecular weight is 242 g/mol. The fraction of sp³-hybridized carbons (Fsp3) is 0.250. The monoisotopic (exact) mass is 241 g/mol. The molecular weight excluding hydrogens is 234 g/mol. The molecule has 0 aromatic carbocycles. The Morgan fingerprint density at radius 3 is 3.08 bits per heavy atom. The second-order valence-corrected chi connectivity index (χ2v) is 3.44. The molecule has 2 rings (SSSR count). The predicted molar refractivity (Wildman–Crippen MR) is 53.2 cm³/mol. The maximum Gasteiger partial charge on any atom is 0.276 e. The zero-order chi connectivity index (χ0) is 9.26. The Hall–Kier alpha value is -1.10. The summed E-state index contributed by atoms with van der Waals surface area (Å²) in [5.41, 5.74) is 0.614. The van der Waals surface area contributed by atoms with E-state index in [4.69, 9.17) is 0 Å². The number of aryl methyl sites for hydroxylation is 1. The van der Waals surface area contributed by atoms with Gasteiger partial charge in [-0.15, -0.1) is 0 Å². The van der Waals surface area contributed by atoms with Crippen LogP contribution in [0.4, 0.5) is 0 Å². The van der Waals surface area contributed by atoms with Crippen LogP contribution in [0.1, 0.15) is 0 Å². The molecule has 68 valence electrons. The third-order valence-corrected chi connectivity index (χ3v) is 2.22. The number of rotatable bonds is 2. The van der Waals surface area contributed by atoms with Crippen LogP contribution in [0.15, 0.2) is 29.5 Å². The van der Waals surface area contributed by atoms with Crippen molar-refractivity contribution in [2.45, 2.75) is 6.54 Å². The van der Waals surface area contributed by atoms with Crippen molar-refractivity contribution >= 4 is 21.4 Å². The average Bonchev–Trinajstić information content (AvgIpc) is 2.58. The van der Waals surface area contributed by atoms with Crippen LogP contribution in [0.2, 0.25) is 0 Å². The molecule has 0 unspecified atom stereocenters. The Morgan fingerprint density at radius 1 is 1.46 bits per heavy atom. The number of aromatic nitrogens is 3. The molecule has 0 bridgehead atoms. The van der Waals surface area contributed by atoms with Gasteiger partial charge >= 0.3 is 0 Å². The van der Waals surface area contributed by atoms with Crippen molar-refractivity contribution in [1.29, 1.82) is 0 Å². The van der Waals surface area contributed by atoms with Crippen LogP contribution < -0.4 is 5.56 Å². The first-order chi connectivity index (χ1) is 6.33. The molecule has 0 fully saturated rings. The molecule has 2 heterocycles. The van der Waals surface area contributed by atoms with Crippen LogP contribution in [0.25, 0.3) is 5.52 Å². The van der Waals surface area contributed by atoms with Gasteiger partial charge in [0.2, 0.25) is 0 Å². The highest BCUT2D eigenvalue weighted by Crippen LogP contribution is 1.94. The smallest absolute Gasteiger partial charge is 0.276 e. The molecule has 0 aliphatic carbocycles. The van der Waals surface area contributed by atoms with Gasteiger partial charge in [0.25, 0.3) is 5.56 Å². The highest BCUT2D eigenvalue weighted by molar-refractivity contribution is 9.09. The van der Waals surface area contributed by atoms with Gasteiger partial charge in [-0.2, -0.15) is 5.10 Å². The van der Waals surface area contributed by atoms with Crippen molar-refractivity contribution in [2.75, 3.05) is 5.33 Å². The number of hydrogen-bond donors (Lipinski definition) is 0. The Bertz CT molecular complexity index is 473. The maximum atomic E-state index is 11.7. The van der Waals surface area contributed by atoms with E-state index in [9.17, 15) is 4.79 Å². The molecule has 5 heteroatoms. The zero-order valence-electron chi connectivity index (χ0n) is 6.85. The van der Waals surface area contributed by atoms with Crippen molar-refractivity contribution in [3.63, 3.8) is 0 Å². The van der Waals surface area contributed by atoms with Crippen molar-refractivity contribution in [3.05, 3.63) is 35.0 Å². The molecule has 2 aromatic heterocycles. The topological polar surface area (TPSA) is 39.3 Å². The van der Waals surface area contributed by atoms with Crippen LogP contribution in [0.5, 0.6) is 0 Å². The summed E-state index contributed by atoms with van der Waals surface area (Å²) in [4.78, 5) is 11.7. The molecule has 0 aliphatic heterocycles. The summed E-state index contributed by atoms with van der Waals surface area (Å²) in [5.74, 6) is 0. The number of alkyl halides is 1. The minimum Gasteiger partial charge on any atom is -0.311 e. The van der Waals surface area contributed by atoms with Gasteiger partial charge in [-0.05, 0) is 6.07 Å². The number of hydrogen-bond acceptors (Lipinski definition) is 2. The maximum absolute atomic E-state index is 11.7. The van der Waals surface area contributed by atoms with E-state index < -0.39 is 0 Å². The van der Waals surface area contributed by atoms with E-state index in [1.165, 1.54) is 0 Å². The summed E-state index contributed by atoms with van der Waals surface area (Å²) in [6.07, 6.45) is 5.14. The fourth-order valence-corrected chi connectivity index (χ4v) is 1.61. The van der Waals surface area contributed by atoms with Crippen LogP contribution >= 0.6 is 15.9 Å². The second-order valence-electron chi connectivity index (χ2n) is 2.65. The van der Waals surface area contributed by atoms with Crippen molar-refractivity contribution in [2.24, 2.45) is 0 Å². The number of halogens is 1. The Morgan fingerprint density at radius 2 is 2.31 bits per heavy atom. The van der Waals surface area contributed by atoms with Gasteiger partial charge < -0.3 is 4.57 Å². The minimum atomic E-state index is -0.000509. The largest absolute Gasteiger partial charge is 0.311 e. The van der Waals surface area contributed by atoms with Crippen LogP contribution in [0, 0.1) is 0 Å². The normalized spacial score (nSPS) is 10.8.